The van der Waals surface area contributed by atoms with Crippen LogP contribution in [0, 0.1) is 0 Å². The number of benzene rings is 6. The van der Waals surface area contributed by atoms with Gasteiger partial charge in [0.1, 0.15) is 0 Å². The Bertz CT molecular complexity index is 2830. The molecule has 0 radical (unpaired) electrons. The van der Waals surface area contributed by atoms with Gasteiger partial charge in [0.05, 0.1) is 33.1 Å². The molecule has 2 heteroatoms. The zero-order valence-electron chi connectivity index (χ0n) is 27.3. The van der Waals surface area contributed by atoms with E-state index in [0.29, 0.717) is 0 Å². The number of para-hydroxylation sites is 3. The maximum atomic E-state index is 2.57. The van der Waals surface area contributed by atoms with Gasteiger partial charge < -0.3 is 8.80 Å². The van der Waals surface area contributed by atoms with Crippen LogP contribution in [0.25, 0.3) is 87.3 Å². The van der Waals surface area contributed by atoms with Crippen molar-refractivity contribution >= 4 is 76.2 Å². The molecule has 0 saturated heterocycles. The SMILES string of the molecule is CC(C)(C)c1cc(-c2cccc3c2c2c4c5ccccc5n5c6ccccc6c(c6c7ccccc7n3c62)c45)cc(C(C)(C)C)c1. The summed E-state index contributed by atoms with van der Waals surface area (Å²) in [6.07, 6.45) is 0. The van der Waals surface area contributed by atoms with Crippen LogP contribution in [0.1, 0.15) is 52.7 Å². The molecule has 4 aromatic heterocycles. The normalized spacial score (nSPS) is 13.4. The van der Waals surface area contributed by atoms with Gasteiger partial charge in [-0.25, -0.2) is 0 Å². The molecule has 0 saturated carbocycles. The van der Waals surface area contributed by atoms with E-state index in [-0.39, 0.29) is 10.8 Å². The van der Waals surface area contributed by atoms with Crippen LogP contribution in [-0.4, -0.2) is 8.80 Å². The first-order chi connectivity index (χ1) is 22.1. The van der Waals surface area contributed by atoms with E-state index in [9.17, 15) is 0 Å². The fraction of sp³-hybridized carbons (Fsp3) is 0.182. The molecule has 46 heavy (non-hydrogen) atoms. The van der Waals surface area contributed by atoms with Crippen molar-refractivity contribution in [3.63, 3.8) is 0 Å². The Morgan fingerprint density at radius 3 is 1.30 bits per heavy atom. The highest BCUT2D eigenvalue weighted by molar-refractivity contribution is 6.45. The molecule has 0 amide bonds. The summed E-state index contributed by atoms with van der Waals surface area (Å²) in [7, 11) is 0. The van der Waals surface area contributed by atoms with Gasteiger partial charge >= 0.3 is 0 Å². The number of nitrogens with zero attached hydrogens (tertiary/aromatic N) is 2. The zero-order chi connectivity index (χ0) is 31.3. The van der Waals surface area contributed by atoms with Crippen molar-refractivity contribution in [2.24, 2.45) is 0 Å². The van der Waals surface area contributed by atoms with Crippen LogP contribution < -0.4 is 0 Å². The third-order valence-corrected chi connectivity index (χ3v) is 10.6. The lowest BCUT2D eigenvalue weighted by molar-refractivity contribution is 0.569. The Balaban J connectivity index is 1.53. The molecule has 2 nitrogen and oxygen atoms in total. The number of fused-ring (bicyclic) bond motifs is 14. The monoisotopic (exact) mass is 592 g/mol. The summed E-state index contributed by atoms with van der Waals surface area (Å²) < 4.78 is 5.11. The Labute approximate surface area is 268 Å². The number of hydrogen-bond acceptors (Lipinski definition) is 0. The molecule has 6 aromatic carbocycles. The van der Waals surface area contributed by atoms with Gasteiger partial charge in [-0.15, -0.1) is 0 Å². The third-order valence-electron chi connectivity index (χ3n) is 10.6. The minimum atomic E-state index is 0.0373. The van der Waals surface area contributed by atoms with E-state index in [4.69, 9.17) is 0 Å². The Morgan fingerprint density at radius 2 is 0.804 bits per heavy atom. The lowest BCUT2D eigenvalue weighted by Crippen LogP contribution is -2.16. The average molecular weight is 593 g/mol. The highest BCUT2D eigenvalue weighted by Crippen LogP contribution is 2.53. The van der Waals surface area contributed by atoms with Gasteiger partial charge in [-0.3, -0.25) is 0 Å². The van der Waals surface area contributed by atoms with E-state index in [1.807, 2.05) is 0 Å². The van der Waals surface area contributed by atoms with Crippen molar-refractivity contribution in [1.82, 2.24) is 8.80 Å². The molecule has 222 valence electrons. The van der Waals surface area contributed by atoms with Crippen LogP contribution in [0.2, 0.25) is 0 Å². The lowest BCUT2D eigenvalue weighted by Gasteiger charge is -2.26. The van der Waals surface area contributed by atoms with E-state index in [1.54, 1.807) is 0 Å². The largest absolute Gasteiger partial charge is 0.308 e. The van der Waals surface area contributed by atoms with Crippen molar-refractivity contribution < 1.29 is 0 Å². The summed E-state index contributed by atoms with van der Waals surface area (Å²) in [6.45, 7) is 14.0. The summed E-state index contributed by atoms with van der Waals surface area (Å²) >= 11 is 0. The molecular weight excluding hydrogens is 556 g/mol. The standard InChI is InChI=1S/C44H36N2/c1-43(2,3)26-22-25(23-27(24-26)44(4,5)6)28-17-13-21-35-36(28)40-39-31-16-9-11-19-33(31)45-32-18-10-7-14-29(32)37(41(39)45)38-30-15-8-12-20-34(30)46(35)42(38)40/h7-24H,1-6H3. The quantitative estimate of drug-likeness (QED) is 0.179. The number of aromatic nitrogens is 2. The molecule has 0 bridgehead atoms. The molecule has 0 atom stereocenters. The molecule has 10 aromatic rings. The highest BCUT2D eigenvalue weighted by atomic mass is 14.9. The van der Waals surface area contributed by atoms with Gasteiger partial charge in [-0.1, -0.05) is 126 Å². The van der Waals surface area contributed by atoms with Crippen molar-refractivity contribution in [2.75, 3.05) is 0 Å². The molecule has 4 heterocycles. The Morgan fingerprint density at radius 1 is 0.391 bits per heavy atom. The second-order valence-corrected chi connectivity index (χ2v) is 15.4. The topological polar surface area (TPSA) is 8.82 Å². The first-order valence-electron chi connectivity index (χ1n) is 16.5. The third kappa shape index (κ3) is 3.12. The van der Waals surface area contributed by atoms with Gasteiger partial charge in [0.25, 0.3) is 0 Å². The van der Waals surface area contributed by atoms with Gasteiger partial charge in [0, 0.05) is 43.1 Å². The summed E-state index contributed by atoms with van der Waals surface area (Å²) in [6, 6.07) is 41.3. The van der Waals surface area contributed by atoms with E-state index in [2.05, 4.69) is 160 Å². The van der Waals surface area contributed by atoms with Gasteiger partial charge in [0.15, 0.2) is 0 Å². The zero-order valence-corrected chi connectivity index (χ0v) is 27.3. The summed E-state index contributed by atoms with van der Waals surface area (Å²) in [5.74, 6) is 0. The van der Waals surface area contributed by atoms with Crippen LogP contribution in [0.15, 0.2) is 109 Å². The van der Waals surface area contributed by atoms with Crippen LogP contribution >= 0.6 is 0 Å². The van der Waals surface area contributed by atoms with Crippen molar-refractivity contribution in [2.45, 2.75) is 52.4 Å². The van der Waals surface area contributed by atoms with Crippen LogP contribution in [0.3, 0.4) is 0 Å². The smallest absolute Gasteiger partial charge is 0.0634 e. The first kappa shape index (κ1) is 26.2. The van der Waals surface area contributed by atoms with E-state index in [0.717, 1.165) is 0 Å². The lowest BCUT2D eigenvalue weighted by atomic mass is 9.78. The van der Waals surface area contributed by atoms with E-state index < -0.39 is 0 Å². The highest BCUT2D eigenvalue weighted by Gasteiger charge is 2.30. The van der Waals surface area contributed by atoms with Crippen LogP contribution in [0.4, 0.5) is 0 Å². The van der Waals surface area contributed by atoms with Crippen molar-refractivity contribution in [3.8, 4) is 11.1 Å². The van der Waals surface area contributed by atoms with Gasteiger partial charge in [0.2, 0.25) is 0 Å². The van der Waals surface area contributed by atoms with E-state index >= 15 is 0 Å². The number of rotatable bonds is 1. The molecule has 0 unspecified atom stereocenters. The molecule has 0 aliphatic heterocycles. The Kier molecular flexibility index (Phi) is 4.77. The fourth-order valence-corrected chi connectivity index (χ4v) is 8.46. The summed E-state index contributed by atoms with van der Waals surface area (Å²) in [5.41, 5.74) is 13.2. The maximum absolute atomic E-state index is 2.57. The molecule has 0 N–H and O–H groups in total. The molecule has 0 aliphatic carbocycles. The average Bonchev–Trinajstić information content (AvgIpc) is 3.76. The summed E-state index contributed by atoms with van der Waals surface area (Å²) in [5, 5.41) is 10.8. The van der Waals surface area contributed by atoms with Crippen molar-refractivity contribution in [3.05, 3.63) is 120 Å². The first-order valence-corrected chi connectivity index (χ1v) is 16.5. The number of hydrogen-bond donors (Lipinski definition) is 0. The fourth-order valence-electron chi connectivity index (χ4n) is 8.46. The predicted molar refractivity (Wildman–Crippen MR) is 199 cm³/mol. The maximum Gasteiger partial charge on any atom is 0.0634 e. The predicted octanol–water partition coefficient (Wildman–Crippen LogP) is 12.2. The molecule has 10 rings (SSSR count). The van der Waals surface area contributed by atoms with E-state index in [1.165, 1.54) is 98.4 Å². The summed E-state index contributed by atoms with van der Waals surface area (Å²) in [4.78, 5) is 0. The van der Waals surface area contributed by atoms with Gasteiger partial charge in [-0.05, 0) is 57.3 Å². The van der Waals surface area contributed by atoms with Gasteiger partial charge in [-0.2, -0.15) is 0 Å². The molecular formula is C44H36N2. The van der Waals surface area contributed by atoms with Crippen LogP contribution in [-0.2, 0) is 10.8 Å². The van der Waals surface area contributed by atoms with Crippen LogP contribution in [0.5, 0.6) is 0 Å². The molecule has 0 spiro atoms. The second-order valence-electron chi connectivity index (χ2n) is 15.4. The second kappa shape index (κ2) is 8.39. The Hall–Kier alpha value is -5.08. The van der Waals surface area contributed by atoms with Crippen molar-refractivity contribution in [1.29, 1.82) is 0 Å². The minimum absolute atomic E-state index is 0.0373. The molecule has 0 aliphatic rings. The molecule has 0 fully saturated rings. The minimum Gasteiger partial charge on any atom is -0.308 e.